The first-order valence-electron chi connectivity index (χ1n) is 7.03. The lowest BCUT2D eigenvalue weighted by Gasteiger charge is -2.39. The Balaban J connectivity index is 1.73. The van der Waals surface area contributed by atoms with Crippen LogP contribution in [0.3, 0.4) is 0 Å². The predicted octanol–water partition coefficient (Wildman–Crippen LogP) is 2.74. The molecule has 0 aromatic heterocycles. The summed E-state index contributed by atoms with van der Waals surface area (Å²) in [4.78, 5) is 24.1. The van der Waals surface area contributed by atoms with Crippen LogP contribution in [0.25, 0.3) is 0 Å². The van der Waals surface area contributed by atoms with Crippen LogP contribution < -0.4 is 4.74 Å². The van der Waals surface area contributed by atoms with Crippen LogP contribution in [0.4, 0.5) is 4.79 Å². The second kappa shape index (κ2) is 6.16. The molecule has 0 aliphatic carbocycles. The molecule has 0 N–H and O–H groups in total. The number of likely N-dealkylation sites (tertiary alicyclic amines) is 1. The highest BCUT2D eigenvalue weighted by Gasteiger charge is 2.33. The van der Waals surface area contributed by atoms with Crippen LogP contribution in [0.15, 0.2) is 24.3 Å². The number of carbonyl (C=O) groups is 2. The van der Waals surface area contributed by atoms with E-state index in [4.69, 9.17) is 9.47 Å². The lowest BCUT2D eigenvalue weighted by molar-refractivity contribution is -0.00782. The van der Waals surface area contributed by atoms with E-state index in [2.05, 4.69) is 0 Å². The minimum atomic E-state index is -0.464. The van der Waals surface area contributed by atoms with Gasteiger partial charge in [0.2, 0.25) is 0 Å². The smallest absolute Gasteiger partial charge is 0.410 e. The third kappa shape index (κ3) is 4.48. The van der Waals surface area contributed by atoms with Gasteiger partial charge in [0.25, 0.3) is 0 Å². The van der Waals surface area contributed by atoms with Crippen LogP contribution in [-0.2, 0) is 4.74 Å². The zero-order valence-corrected chi connectivity index (χ0v) is 12.7. The van der Waals surface area contributed by atoms with Crippen molar-refractivity contribution in [3.63, 3.8) is 0 Å². The Kier molecular flexibility index (Phi) is 4.50. The lowest BCUT2D eigenvalue weighted by Crippen LogP contribution is -2.53. The van der Waals surface area contributed by atoms with Crippen molar-refractivity contribution >= 4 is 12.4 Å². The van der Waals surface area contributed by atoms with Crippen molar-refractivity contribution < 1.29 is 19.1 Å². The molecule has 1 aromatic carbocycles. The molecular formula is C16H21NO4. The number of benzene rings is 1. The first-order valence-corrected chi connectivity index (χ1v) is 7.03. The van der Waals surface area contributed by atoms with E-state index >= 15 is 0 Å². The Hall–Kier alpha value is -2.04. The topological polar surface area (TPSA) is 55.8 Å². The van der Waals surface area contributed by atoms with Gasteiger partial charge in [-0.25, -0.2) is 4.79 Å². The lowest BCUT2D eigenvalue weighted by atomic mass is 10.0. The van der Waals surface area contributed by atoms with Gasteiger partial charge in [-0.1, -0.05) is 12.1 Å². The molecule has 0 bridgehead atoms. The second-order valence-electron chi connectivity index (χ2n) is 6.25. The zero-order chi connectivity index (χ0) is 15.5. The van der Waals surface area contributed by atoms with Gasteiger partial charge in [0.05, 0.1) is 6.61 Å². The van der Waals surface area contributed by atoms with E-state index < -0.39 is 5.60 Å². The fraction of sp³-hybridized carbons (Fsp3) is 0.500. The van der Waals surface area contributed by atoms with Crippen molar-refractivity contribution in [2.45, 2.75) is 26.4 Å². The molecule has 0 radical (unpaired) electrons. The van der Waals surface area contributed by atoms with Crippen LogP contribution in [0.5, 0.6) is 5.75 Å². The normalized spacial score (nSPS) is 15.3. The van der Waals surface area contributed by atoms with E-state index in [-0.39, 0.29) is 6.09 Å². The van der Waals surface area contributed by atoms with Crippen molar-refractivity contribution in [1.29, 1.82) is 0 Å². The summed E-state index contributed by atoms with van der Waals surface area (Å²) < 4.78 is 10.9. The first kappa shape index (κ1) is 15.4. The Morgan fingerprint density at radius 3 is 2.71 bits per heavy atom. The predicted molar refractivity (Wildman–Crippen MR) is 78.6 cm³/mol. The van der Waals surface area contributed by atoms with Gasteiger partial charge in [0, 0.05) is 24.6 Å². The molecule has 1 heterocycles. The fourth-order valence-corrected chi connectivity index (χ4v) is 2.04. The molecule has 0 atom stereocenters. The number of aldehydes is 1. The Labute approximate surface area is 124 Å². The third-order valence-corrected chi connectivity index (χ3v) is 3.09. The maximum absolute atomic E-state index is 11.8. The van der Waals surface area contributed by atoms with Crippen molar-refractivity contribution in [3.05, 3.63) is 29.8 Å². The molecule has 1 fully saturated rings. The maximum Gasteiger partial charge on any atom is 0.410 e. The molecule has 1 aliphatic rings. The van der Waals surface area contributed by atoms with E-state index in [9.17, 15) is 9.59 Å². The summed E-state index contributed by atoms with van der Waals surface area (Å²) >= 11 is 0. The monoisotopic (exact) mass is 291 g/mol. The molecule has 5 nitrogen and oxygen atoms in total. The van der Waals surface area contributed by atoms with E-state index in [1.807, 2.05) is 26.8 Å². The highest BCUT2D eigenvalue weighted by atomic mass is 16.6. The number of hydrogen-bond acceptors (Lipinski definition) is 4. The van der Waals surface area contributed by atoms with Crippen molar-refractivity contribution in [2.24, 2.45) is 5.92 Å². The summed E-state index contributed by atoms with van der Waals surface area (Å²) in [5, 5.41) is 0. The number of ether oxygens (including phenoxy) is 2. The number of nitrogens with zero attached hydrogens (tertiary/aromatic N) is 1. The number of hydrogen-bond donors (Lipinski definition) is 0. The first-order chi connectivity index (χ1) is 9.87. The number of rotatable bonds is 4. The van der Waals surface area contributed by atoms with Crippen molar-refractivity contribution in [1.82, 2.24) is 4.90 Å². The number of carbonyl (C=O) groups excluding carboxylic acids is 2. The van der Waals surface area contributed by atoms with Gasteiger partial charge in [-0.05, 0) is 32.9 Å². The van der Waals surface area contributed by atoms with Crippen LogP contribution >= 0.6 is 0 Å². The fourth-order valence-electron chi connectivity index (χ4n) is 2.04. The molecule has 5 heteroatoms. The highest BCUT2D eigenvalue weighted by molar-refractivity contribution is 5.75. The minimum absolute atomic E-state index is 0.276. The summed E-state index contributed by atoms with van der Waals surface area (Å²) in [5.74, 6) is 0.979. The average Bonchev–Trinajstić information content (AvgIpc) is 2.35. The Morgan fingerprint density at radius 1 is 1.38 bits per heavy atom. The quantitative estimate of drug-likeness (QED) is 0.800. The molecule has 1 aliphatic heterocycles. The molecule has 1 amide bonds. The molecule has 0 unspecified atom stereocenters. The van der Waals surface area contributed by atoms with Crippen LogP contribution in [0, 0.1) is 5.92 Å². The largest absolute Gasteiger partial charge is 0.493 e. The van der Waals surface area contributed by atoms with E-state index in [0.29, 0.717) is 36.9 Å². The van der Waals surface area contributed by atoms with Gasteiger partial charge in [0.15, 0.2) is 0 Å². The molecule has 114 valence electrons. The molecule has 0 saturated carbocycles. The number of amides is 1. The van der Waals surface area contributed by atoms with Crippen molar-refractivity contribution in [3.8, 4) is 5.75 Å². The zero-order valence-electron chi connectivity index (χ0n) is 12.7. The van der Waals surface area contributed by atoms with Gasteiger partial charge in [-0.2, -0.15) is 0 Å². The standard InChI is InChI=1S/C16H21NO4/c1-16(2,3)21-15(19)17-8-13(9-17)11-20-14-6-4-5-12(7-14)10-18/h4-7,10,13H,8-9,11H2,1-3H3. The summed E-state index contributed by atoms with van der Waals surface area (Å²) in [7, 11) is 0. The molecule has 1 aromatic rings. The Bertz CT molecular complexity index is 515. The summed E-state index contributed by atoms with van der Waals surface area (Å²) in [6.45, 7) is 7.37. The van der Waals surface area contributed by atoms with Gasteiger partial charge >= 0.3 is 6.09 Å². The minimum Gasteiger partial charge on any atom is -0.493 e. The van der Waals surface area contributed by atoms with Gasteiger partial charge < -0.3 is 14.4 Å². The van der Waals surface area contributed by atoms with Gasteiger partial charge in [-0.15, -0.1) is 0 Å². The van der Waals surface area contributed by atoms with Gasteiger partial charge in [-0.3, -0.25) is 4.79 Å². The molecule has 0 spiro atoms. The van der Waals surface area contributed by atoms with E-state index in [1.165, 1.54) is 0 Å². The SMILES string of the molecule is CC(C)(C)OC(=O)N1CC(COc2cccc(C=O)c2)C1. The average molecular weight is 291 g/mol. The van der Waals surface area contributed by atoms with Crippen LogP contribution in [0.1, 0.15) is 31.1 Å². The maximum atomic E-state index is 11.8. The third-order valence-electron chi connectivity index (χ3n) is 3.09. The summed E-state index contributed by atoms with van der Waals surface area (Å²) in [6, 6.07) is 7.04. The van der Waals surface area contributed by atoms with Gasteiger partial charge in [0.1, 0.15) is 17.6 Å². The summed E-state index contributed by atoms with van der Waals surface area (Å²) in [6.07, 6.45) is 0.516. The molecule has 1 saturated heterocycles. The second-order valence-corrected chi connectivity index (χ2v) is 6.25. The molecular weight excluding hydrogens is 270 g/mol. The van der Waals surface area contributed by atoms with Crippen LogP contribution in [0.2, 0.25) is 0 Å². The Morgan fingerprint density at radius 2 is 2.10 bits per heavy atom. The van der Waals surface area contributed by atoms with Crippen LogP contribution in [-0.4, -0.2) is 42.6 Å². The summed E-state index contributed by atoms with van der Waals surface area (Å²) in [5.41, 5.74) is 0.130. The molecule has 21 heavy (non-hydrogen) atoms. The van der Waals surface area contributed by atoms with E-state index in [0.717, 1.165) is 6.29 Å². The van der Waals surface area contributed by atoms with Crippen molar-refractivity contribution in [2.75, 3.05) is 19.7 Å². The molecule has 2 rings (SSSR count). The highest BCUT2D eigenvalue weighted by Crippen LogP contribution is 2.21. The van der Waals surface area contributed by atoms with E-state index in [1.54, 1.807) is 23.1 Å².